The van der Waals surface area contributed by atoms with Crippen molar-refractivity contribution in [3.8, 4) is 0 Å². The second-order valence-corrected chi connectivity index (χ2v) is 4.88. The van der Waals surface area contributed by atoms with E-state index in [1.165, 1.54) is 0 Å². The molecule has 1 aliphatic rings. The van der Waals surface area contributed by atoms with Crippen LogP contribution >= 0.6 is 0 Å². The van der Waals surface area contributed by atoms with Crippen molar-refractivity contribution in [3.63, 3.8) is 0 Å². The van der Waals surface area contributed by atoms with Crippen molar-refractivity contribution < 1.29 is 19.4 Å². The van der Waals surface area contributed by atoms with E-state index < -0.39 is 5.97 Å². The third-order valence-corrected chi connectivity index (χ3v) is 1.99. The lowest BCUT2D eigenvalue weighted by atomic mass is 9.92. The summed E-state index contributed by atoms with van der Waals surface area (Å²) in [6.07, 6.45) is 0.309. The molecule has 0 radical (unpaired) electrons. The predicted octanol–water partition coefficient (Wildman–Crippen LogP) is 1.64. The van der Waals surface area contributed by atoms with E-state index in [4.69, 9.17) is 14.6 Å². The minimum atomic E-state index is -0.838. The molecule has 0 aromatic rings. The fraction of sp³-hybridized carbons (Fsp3) is 0.900. The van der Waals surface area contributed by atoms with Crippen LogP contribution in [0.15, 0.2) is 0 Å². The zero-order valence-electron chi connectivity index (χ0n) is 8.95. The zero-order chi connectivity index (χ0) is 10.8. The second-order valence-electron chi connectivity index (χ2n) is 4.88. The lowest BCUT2D eigenvalue weighted by molar-refractivity contribution is -0.140. The number of carboxylic acid groups (broad SMARTS) is 1. The van der Waals surface area contributed by atoms with E-state index in [0.717, 1.165) is 6.42 Å². The molecule has 14 heavy (non-hydrogen) atoms. The molecular weight excluding hydrogens is 184 g/mol. The standard InChI is InChI=1S/C10H18O4/c1-10(2,3)5-9-13-6-7(14-9)4-8(11)12/h7,9H,4-6H2,1-3H3,(H,11,12). The minimum absolute atomic E-state index is 0.0284. The first kappa shape index (κ1) is 11.5. The van der Waals surface area contributed by atoms with Gasteiger partial charge in [-0.3, -0.25) is 4.79 Å². The Bertz CT molecular complexity index is 207. The Labute approximate surface area is 84.2 Å². The summed E-state index contributed by atoms with van der Waals surface area (Å²) in [6, 6.07) is 0. The average molecular weight is 202 g/mol. The van der Waals surface area contributed by atoms with Crippen LogP contribution < -0.4 is 0 Å². The van der Waals surface area contributed by atoms with Crippen molar-refractivity contribution in [1.82, 2.24) is 0 Å². The summed E-state index contributed by atoms with van der Waals surface area (Å²) in [5.74, 6) is -0.838. The molecule has 0 spiro atoms. The van der Waals surface area contributed by atoms with Gasteiger partial charge in [0, 0.05) is 6.42 Å². The zero-order valence-corrected chi connectivity index (χ0v) is 8.95. The monoisotopic (exact) mass is 202 g/mol. The fourth-order valence-electron chi connectivity index (χ4n) is 1.42. The van der Waals surface area contributed by atoms with E-state index in [9.17, 15) is 4.79 Å². The van der Waals surface area contributed by atoms with E-state index in [2.05, 4.69) is 20.8 Å². The lowest BCUT2D eigenvalue weighted by Crippen LogP contribution is -2.20. The summed E-state index contributed by atoms with van der Waals surface area (Å²) >= 11 is 0. The third kappa shape index (κ3) is 4.07. The lowest BCUT2D eigenvalue weighted by Gasteiger charge is -2.21. The maximum atomic E-state index is 10.4. The first-order valence-corrected chi connectivity index (χ1v) is 4.86. The van der Waals surface area contributed by atoms with Gasteiger partial charge < -0.3 is 14.6 Å². The first-order chi connectivity index (χ1) is 6.37. The molecule has 1 N–H and O–H groups in total. The van der Waals surface area contributed by atoms with E-state index in [1.807, 2.05) is 0 Å². The molecular formula is C10H18O4. The summed E-state index contributed by atoms with van der Waals surface area (Å²) < 4.78 is 10.8. The summed E-state index contributed by atoms with van der Waals surface area (Å²) in [5.41, 5.74) is 0.142. The van der Waals surface area contributed by atoms with E-state index in [0.29, 0.717) is 6.61 Å². The van der Waals surface area contributed by atoms with Gasteiger partial charge in [-0.25, -0.2) is 0 Å². The van der Waals surface area contributed by atoms with Crippen LogP contribution in [0.4, 0.5) is 0 Å². The molecule has 1 saturated heterocycles. The second kappa shape index (κ2) is 4.28. The normalized spacial score (nSPS) is 27.9. The highest BCUT2D eigenvalue weighted by molar-refractivity contribution is 5.67. The van der Waals surface area contributed by atoms with E-state index in [-0.39, 0.29) is 24.2 Å². The molecule has 1 heterocycles. The van der Waals surface area contributed by atoms with Gasteiger partial charge in [-0.05, 0) is 5.41 Å². The molecule has 0 aliphatic carbocycles. The number of aliphatic carboxylic acids is 1. The minimum Gasteiger partial charge on any atom is -0.481 e. The number of carbonyl (C=O) groups is 1. The highest BCUT2D eigenvalue weighted by atomic mass is 16.7. The van der Waals surface area contributed by atoms with Gasteiger partial charge in [0.05, 0.1) is 19.1 Å². The van der Waals surface area contributed by atoms with Crippen LogP contribution in [-0.4, -0.2) is 30.1 Å². The first-order valence-electron chi connectivity index (χ1n) is 4.86. The van der Waals surface area contributed by atoms with Crippen LogP contribution in [0.25, 0.3) is 0 Å². The maximum absolute atomic E-state index is 10.4. The van der Waals surface area contributed by atoms with E-state index >= 15 is 0 Å². The summed E-state index contributed by atoms with van der Waals surface area (Å²) in [4.78, 5) is 10.4. The van der Waals surface area contributed by atoms with Crippen LogP contribution in [0, 0.1) is 5.41 Å². The topological polar surface area (TPSA) is 55.8 Å². The quantitative estimate of drug-likeness (QED) is 0.755. The smallest absolute Gasteiger partial charge is 0.306 e. The molecule has 2 atom stereocenters. The molecule has 0 saturated carbocycles. The molecule has 0 amide bonds. The molecule has 4 nitrogen and oxygen atoms in total. The van der Waals surface area contributed by atoms with Crippen molar-refractivity contribution in [2.45, 2.75) is 46.0 Å². The molecule has 2 unspecified atom stereocenters. The van der Waals surface area contributed by atoms with Gasteiger partial charge >= 0.3 is 5.97 Å². The third-order valence-electron chi connectivity index (χ3n) is 1.99. The highest BCUT2D eigenvalue weighted by Gasteiger charge is 2.30. The Morgan fingerprint density at radius 1 is 1.50 bits per heavy atom. The Morgan fingerprint density at radius 3 is 2.64 bits per heavy atom. The highest BCUT2D eigenvalue weighted by Crippen LogP contribution is 2.27. The Morgan fingerprint density at radius 2 is 2.14 bits per heavy atom. The number of rotatable bonds is 3. The predicted molar refractivity (Wildman–Crippen MR) is 50.9 cm³/mol. The number of carboxylic acids is 1. The van der Waals surface area contributed by atoms with Gasteiger partial charge in [0.2, 0.25) is 0 Å². The van der Waals surface area contributed by atoms with Gasteiger partial charge in [-0.15, -0.1) is 0 Å². The SMILES string of the molecule is CC(C)(C)CC1OCC(CC(=O)O)O1. The summed E-state index contributed by atoms with van der Waals surface area (Å²) in [5, 5.41) is 8.56. The van der Waals surface area contributed by atoms with Crippen LogP contribution in [0.5, 0.6) is 0 Å². The average Bonchev–Trinajstić information content (AvgIpc) is 2.30. The van der Waals surface area contributed by atoms with Crippen molar-refractivity contribution >= 4 is 5.97 Å². The van der Waals surface area contributed by atoms with Crippen molar-refractivity contribution in [1.29, 1.82) is 0 Å². The number of hydrogen-bond acceptors (Lipinski definition) is 3. The molecule has 4 heteroatoms. The molecule has 0 bridgehead atoms. The fourth-order valence-corrected chi connectivity index (χ4v) is 1.42. The summed E-state index contributed by atoms with van der Waals surface area (Å²) in [6.45, 7) is 6.70. The van der Waals surface area contributed by atoms with Gasteiger partial charge in [-0.2, -0.15) is 0 Å². The van der Waals surface area contributed by atoms with E-state index in [1.54, 1.807) is 0 Å². The van der Waals surface area contributed by atoms with Gasteiger partial charge in [0.15, 0.2) is 6.29 Å². The van der Waals surface area contributed by atoms with Crippen LogP contribution in [0.3, 0.4) is 0 Å². The van der Waals surface area contributed by atoms with Gasteiger partial charge in [-0.1, -0.05) is 20.8 Å². The maximum Gasteiger partial charge on any atom is 0.306 e. The van der Waals surface area contributed by atoms with Gasteiger partial charge in [0.1, 0.15) is 0 Å². The molecule has 0 aromatic heterocycles. The molecule has 0 aromatic carbocycles. The summed E-state index contributed by atoms with van der Waals surface area (Å²) in [7, 11) is 0. The Hall–Kier alpha value is -0.610. The molecule has 1 aliphatic heterocycles. The van der Waals surface area contributed by atoms with Gasteiger partial charge in [0.25, 0.3) is 0 Å². The number of ether oxygens (including phenoxy) is 2. The van der Waals surface area contributed by atoms with Crippen molar-refractivity contribution in [2.75, 3.05) is 6.61 Å². The molecule has 82 valence electrons. The molecule has 1 fully saturated rings. The van der Waals surface area contributed by atoms with Crippen molar-refractivity contribution in [2.24, 2.45) is 5.41 Å². The number of hydrogen-bond donors (Lipinski definition) is 1. The van der Waals surface area contributed by atoms with Crippen molar-refractivity contribution in [3.05, 3.63) is 0 Å². The largest absolute Gasteiger partial charge is 0.481 e. The molecule has 1 rings (SSSR count). The van der Waals surface area contributed by atoms with Crippen LogP contribution in [0.2, 0.25) is 0 Å². The van der Waals surface area contributed by atoms with Crippen LogP contribution in [0.1, 0.15) is 33.6 Å². The Balaban J connectivity index is 2.31. The Kier molecular flexibility index (Phi) is 3.50. The van der Waals surface area contributed by atoms with Crippen LogP contribution in [-0.2, 0) is 14.3 Å².